The number of oxazole rings is 1. The molecule has 0 amide bonds. The average Bonchev–Trinajstić information content (AvgIpc) is 3.41. The monoisotopic (exact) mass is 535 g/mol. The van der Waals surface area contributed by atoms with Crippen LogP contribution in [0.15, 0.2) is 58.2 Å². The van der Waals surface area contributed by atoms with E-state index in [-0.39, 0.29) is 16.2 Å². The third kappa shape index (κ3) is 5.39. The van der Waals surface area contributed by atoms with Crippen molar-refractivity contribution in [3.05, 3.63) is 65.5 Å². The maximum absolute atomic E-state index is 11.3. The van der Waals surface area contributed by atoms with Crippen LogP contribution in [0.5, 0.6) is 0 Å². The van der Waals surface area contributed by atoms with Crippen LogP contribution in [-0.4, -0.2) is 38.6 Å². The summed E-state index contributed by atoms with van der Waals surface area (Å²) in [6.07, 6.45) is 19.4. The Morgan fingerprint density at radius 2 is 1.97 bits per heavy atom. The topological polar surface area (TPSA) is 86.7 Å². The van der Waals surface area contributed by atoms with Crippen molar-refractivity contribution in [2.75, 3.05) is 0 Å². The standard InChI is InChI=1S/C34H49NO4/c1-6-8-26-21-35-31(39-26)34(17-18-34)30(38)14-16-32(3,4)29-13-12-27-23(9-7-15-33(27,29)5)10-11-24-19-25(36)20-28(37)22(24)2/h10-11,14,16,21,25,27-30,36-38H,2,6-9,12-13,15,17-20H2,1,3-5H3/b16-14+,23-10+,24-11-/t25-,27+,28+,29-,30-,33+/m1/s1. The molecule has 0 saturated heterocycles. The fourth-order valence-electron chi connectivity index (χ4n) is 8.24. The van der Waals surface area contributed by atoms with Crippen molar-refractivity contribution in [3.8, 4) is 0 Å². The zero-order valence-corrected chi connectivity index (χ0v) is 24.5. The minimum atomic E-state index is -0.648. The van der Waals surface area contributed by atoms with Crippen molar-refractivity contribution in [3.63, 3.8) is 0 Å². The van der Waals surface area contributed by atoms with E-state index in [1.165, 1.54) is 31.3 Å². The molecule has 4 saturated carbocycles. The van der Waals surface area contributed by atoms with Crippen LogP contribution >= 0.6 is 0 Å². The van der Waals surface area contributed by atoms with Crippen molar-refractivity contribution in [1.82, 2.24) is 4.98 Å². The van der Waals surface area contributed by atoms with E-state index in [0.717, 1.165) is 49.0 Å². The molecule has 6 atom stereocenters. The summed E-state index contributed by atoms with van der Waals surface area (Å²) in [5.74, 6) is 2.68. The second-order valence-electron chi connectivity index (χ2n) is 13.8. The van der Waals surface area contributed by atoms with E-state index in [9.17, 15) is 15.3 Å². The van der Waals surface area contributed by atoms with Gasteiger partial charge in [0.15, 0.2) is 0 Å². The summed E-state index contributed by atoms with van der Waals surface area (Å²) in [5.41, 5.74) is 3.04. The first-order chi connectivity index (χ1) is 18.5. The molecule has 1 aromatic heterocycles. The van der Waals surface area contributed by atoms with E-state index in [0.29, 0.717) is 30.6 Å². The second-order valence-corrected chi connectivity index (χ2v) is 13.8. The number of aryl methyl sites for hydroxylation is 1. The van der Waals surface area contributed by atoms with Gasteiger partial charge in [0.25, 0.3) is 0 Å². The lowest BCUT2D eigenvalue weighted by Gasteiger charge is -2.47. The fourth-order valence-corrected chi connectivity index (χ4v) is 8.24. The van der Waals surface area contributed by atoms with Crippen LogP contribution in [0.2, 0.25) is 0 Å². The van der Waals surface area contributed by atoms with Gasteiger partial charge in [0.05, 0.1) is 29.9 Å². The maximum Gasteiger partial charge on any atom is 0.203 e. The van der Waals surface area contributed by atoms with E-state index < -0.39 is 18.3 Å². The number of aliphatic hydroxyl groups excluding tert-OH is 3. The van der Waals surface area contributed by atoms with Crippen LogP contribution in [-0.2, 0) is 11.8 Å². The quantitative estimate of drug-likeness (QED) is 0.321. The lowest BCUT2D eigenvalue weighted by atomic mass is 9.57. The highest BCUT2D eigenvalue weighted by Crippen LogP contribution is 2.62. The molecule has 4 fully saturated rings. The molecule has 5 rings (SSSR count). The van der Waals surface area contributed by atoms with Crippen LogP contribution in [0.1, 0.15) is 104 Å². The zero-order valence-electron chi connectivity index (χ0n) is 24.5. The third-order valence-corrected chi connectivity index (χ3v) is 10.7. The molecule has 3 N–H and O–H groups in total. The van der Waals surface area contributed by atoms with Gasteiger partial charge in [-0.2, -0.15) is 0 Å². The smallest absolute Gasteiger partial charge is 0.203 e. The summed E-state index contributed by atoms with van der Waals surface area (Å²) in [7, 11) is 0. The Balaban J connectivity index is 1.31. The molecule has 39 heavy (non-hydrogen) atoms. The number of fused-ring (bicyclic) bond motifs is 1. The van der Waals surface area contributed by atoms with Gasteiger partial charge in [-0.25, -0.2) is 4.98 Å². The molecule has 1 heterocycles. The number of hydrogen-bond acceptors (Lipinski definition) is 5. The molecule has 1 aromatic rings. The van der Waals surface area contributed by atoms with Crippen LogP contribution < -0.4 is 0 Å². The first-order valence-corrected chi connectivity index (χ1v) is 15.3. The molecule has 214 valence electrons. The second kappa shape index (κ2) is 10.8. The van der Waals surface area contributed by atoms with Crippen LogP contribution in [0.25, 0.3) is 0 Å². The number of hydrogen-bond donors (Lipinski definition) is 3. The summed E-state index contributed by atoms with van der Waals surface area (Å²) in [5, 5.41) is 31.7. The Bertz CT molecular complexity index is 1150. The van der Waals surface area contributed by atoms with Gasteiger partial charge in [-0.1, -0.05) is 64.2 Å². The average molecular weight is 536 g/mol. The van der Waals surface area contributed by atoms with E-state index in [1.54, 1.807) is 0 Å². The highest BCUT2D eigenvalue weighted by atomic mass is 16.4. The summed E-state index contributed by atoms with van der Waals surface area (Å²) in [6, 6.07) is 0. The van der Waals surface area contributed by atoms with Crippen molar-refractivity contribution >= 4 is 0 Å². The van der Waals surface area contributed by atoms with Crippen molar-refractivity contribution in [2.45, 2.75) is 122 Å². The zero-order chi connectivity index (χ0) is 28.0. The molecule has 0 aliphatic heterocycles. The van der Waals surface area contributed by atoms with Gasteiger partial charge < -0.3 is 19.7 Å². The molecule has 5 nitrogen and oxygen atoms in total. The van der Waals surface area contributed by atoms with E-state index in [1.807, 2.05) is 12.3 Å². The summed E-state index contributed by atoms with van der Waals surface area (Å²) in [6.45, 7) is 13.4. The summed E-state index contributed by atoms with van der Waals surface area (Å²) >= 11 is 0. The predicted molar refractivity (Wildman–Crippen MR) is 155 cm³/mol. The van der Waals surface area contributed by atoms with Gasteiger partial charge >= 0.3 is 0 Å². The molecule has 0 radical (unpaired) electrons. The number of nitrogens with zero attached hydrogens (tertiary/aromatic N) is 1. The third-order valence-electron chi connectivity index (χ3n) is 10.7. The van der Waals surface area contributed by atoms with Crippen molar-refractivity contribution < 1.29 is 19.7 Å². The number of rotatable bonds is 8. The van der Waals surface area contributed by atoms with E-state index in [2.05, 4.69) is 57.5 Å². The van der Waals surface area contributed by atoms with Crippen LogP contribution in [0.4, 0.5) is 0 Å². The molecule has 4 aliphatic rings. The molecule has 5 heteroatoms. The minimum Gasteiger partial charge on any atom is -0.445 e. The molecule has 0 spiro atoms. The normalized spacial score (nSPS) is 35.6. The SMILES string of the molecule is C=C1/C(=C\C=C2/CCC[C@]3(C)[C@@H](C(C)(C)/C=C/[C@@H](O)C4(c5ncc(CCC)o5)CC4)CC[C@@H]23)C[C@@H](O)C[C@@H]1O. The van der Waals surface area contributed by atoms with Crippen LogP contribution in [0, 0.1) is 22.7 Å². The molecule has 0 aromatic carbocycles. The molecular formula is C34H49NO4. The van der Waals surface area contributed by atoms with Crippen LogP contribution in [0.3, 0.4) is 0 Å². The van der Waals surface area contributed by atoms with Gasteiger partial charge in [0, 0.05) is 12.8 Å². The van der Waals surface area contributed by atoms with Gasteiger partial charge in [0.1, 0.15) is 5.76 Å². The number of aromatic nitrogens is 1. The first-order valence-electron chi connectivity index (χ1n) is 15.3. The molecule has 0 unspecified atom stereocenters. The highest BCUT2D eigenvalue weighted by Gasteiger charge is 2.55. The van der Waals surface area contributed by atoms with Crippen molar-refractivity contribution in [2.24, 2.45) is 22.7 Å². The highest BCUT2D eigenvalue weighted by molar-refractivity contribution is 5.39. The summed E-state index contributed by atoms with van der Waals surface area (Å²) < 4.78 is 6.04. The van der Waals surface area contributed by atoms with Gasteiger partial charge in [0.2, 0.25) is 5.89 Å². The Labute approximate surface area is 234 Å². The fraction of sp³-hybridized carbons (Fsp3) is 0.676. The number of allylic oxidation sites excluding steroid dienone is 4. The van der Waals surface area contributed by atoms with Crippen molar-refractivity contribution in [1.29, 1.82) is 0 Å². The first kappa shape index (κ1) is 28.6. The van der Waals surface area contributed by atoms with Gasteiger partial charge in [-0.3, -0.25) is 0 Å². The lowest BCUT2D eigenvalue weighted by Crippen LogP contribution is -2.39. The lowest BCUT2D eigenvalue weighted by molar-refractivity contribution is 0.0705. The summed E-state index contributed by atoms with van der Waals surface area (Å²) in [4.78, 5) is 4.54. The Kier molecular flexibility index (Phi) is 7.91. The van der Waals surface area contributed by atoms with Gasteiger partial charge in [-0.05, 0) is 91.6 Å². The Hall–Kier alpha value is -1.95. The molecule has 0 bridgehead atoms. The predicted octanol–water partition coefficient (Wildman–Crippen LogP) is 6.74. The Morgan fingerprint density at radius 1 is 1.21 bits per heavy atom. The molecular weight excluding hydrogens is 486 g/mol. The van der Waals surface area contributed by atoms with E-state index >= 15 is 0 Å². The maximum atomic E-state index is 11.3. The van der Waals surface area contributed by atoms with Gasteiger partial charge in [-0.15, -0.1) is 0 Å². The molecule has 4 aliphatic carbocycles. The Morgan fingerprint density at radius 3 is 2.69 bits per heavy atom. The largest absolute Gasteiger partial charge is 0.445 e. The minimum absolute atomic E-state index is 0.0443. The van der Waals surface area contributed by atoms with E-state index in [4.69, 9.17) is 4.42 Å². The number of aliphatic hydroxyl groups is 3.